The molecule has 1 aromatic heterocycles. The smallest absolute Gasteiger partial charge is 0.119 e. The van der Waals surface area contributed by atoms with Crippen LogP contribution in [0.15, 0.2) is 46.4 Å². The lowest BCUT2D eigenvalue weighted by molar-refractivity contribution is 0.323. The molecule has 3 aromatic rings. The van der Waals surface area contributed by atoms with Crippen molar-refractivity contribution in [2.75, 3.05) is 6.61 Å². The number of aromatic nitrogens is 1. The van der Waals surface area contributed by atoms with Gasteiger partial charge in [0.15, 0.2) is 0 Å². The number of ether oxygens (including phenoxy) is 1. The number of nitrogens with zero attached hydrogens (tertiary/aromatic N) is 1. The van der Waals surface area contributed by atoms with Gasteiger partial charge in [-0.15, -0.1) is 11.3 Å². The monoisotopic (exact) mass is 347 g/mol. The second-order valence-corrected chi connectivity index (χ2v) is 6.47. The minimum absolute atomic E-state index is 0.686. The van der Waals surface area contributed by atoms with Gasteiger partial charge in [-0.05, 0) is 42.0 Å². The highest BCUT2D eigenvalue weighted by Crippen LogP contribution is 2.24. The van der Waals surface area contributed by atoms with E-state index in [1.54, 1.807) is 11.3 Å². The minimum Gasteiger partial charge on any atom is -0.493 e. The molecule has 0 atom stereocenters. The van der Waals surface area contributed by atoms with Crippen LogP contribution in [0, 0.1) is 6.92 Å². The largest absolute Gasteiger partial charge is 0.493 e. The van der Waals surface area contributed by atoms with E-state index in [4.69, 9.17) is 4.74 Å². The molecule has 3 rings (SSSR count). The molecule has 0 radical (unpaired) electrons. The first-order valence-corrected chi connectivity index (χ1v) is 8.11. The van der Waals surface area contributed by atoms with E-state index < -0.39 is 0 Å². The number of hydrogen-bond acceptors (Lipinski definition) is 3. The fourth-order valence-electron chi connectivity index (χ4n) is 2.11. The molecule has 0 aliphatic heterocycles. The standard InChI is InChI=1S/C16H14BrNOS/c1-11-16(20-10-18-11)6-7-19-15-5-3-12-8-14(17)4-2-13(12)9-15/h2-5,8-10H,6-7H2,1H3. The lowest BCUT2D eigenvalue weighted by Gasteiger charge is -2.07. The Morgan fingerprint density at radius 1 is 1.15 bits per heavy atom. The van der Waals surface area contributed by atoms with E-state index in [0.29, 0.717) is 6.61 Å². The maximum Gasteiger partial charge on any atom is 0.119 e. The van der Waals surface area contributed by atoms with E-state index in [1.165, 1.54) is 15.6 Å². The molecule has 4 heteroatoms. The van der Waals surface area contributed by atoms with Gasteiger partial charge < -0.3 is 4.74 Å². The summed E-state index contributed by atoms with van der Waals surface area (Å²) in [6.45, 7) is 2.73. The van der Waals surface area contributed by atoms with Crippen LogP contribution in [0.5, 0.6) is 5.75 Å². The Kier molecular flexibility index (Phi) is 4.03. The number of aryl methyl sites for hydroxylation is 1. The molecule has 0 saturated carbocycles. The van der Waals surface area contributed by atoms with Gasteiger partial charge in [-0.25, -0.2) is 4.98 Å². The summed E-state index contributed by atoms with van der Waals surface area (Å²) >= 11 is 5.18. The van der Waals surface area contributed by atoms with Crippen LogP contribution in [-0.4, -0.2) is 11.6 Å². The average molecular weight is 348 g/mol. The molecule has 0 spiro atoms. The first-order valence-electron chi connectivity index (χ1n) is 6.43. The van der Waals surface area contributed by atoms with Crippen molar-refractivity contribution in [2.45, 2.75) is 13.3 Å². The molecule has 0 aliphatic rings. The fraction of sp³-hybridized carbons (Fsp3) is 0.188. The topological polar surface area (TPSA) is 22.1 Å². The van der Waals surface area contributed by atoms with Crippen molar-refractivity contribution >= 4 is 38.0 Å². The van der Waals surface area contributed by atoms with E-state index in [9.17, 15) is 0 Å². The first-order chi connectivity index (χ1) is 9.72. The van der Waals surface area contributed by atoms with Crippen LogP contribution in [-0.2, 0) is 6.42 Å². The average Bonchev–Trinajstić information content (AvgIpc) is 2.85. The van der Waals surface area contributed by atoms with Gasteiger partial charge in [0.2, 0.25) is 0 Å². The lowest BCUT2D eigenvalue weighted by Crippen LogP contribution is -2.01. The van der Waals surface area contributed by atoms with Crippen LogP contribution in [0.4, 0.5) is 0 Å². The third kappa shape index (κ3) is 3.02. The molecule has 102 valence electrons. The summed E-state index contributed by atoms with van der Waals surface area (Å²) in [5.74, 6) is 0.919. The van der Waals surface area contributed by atoms with Crippen molar-refractivity contribution in [2.24, 2.45) is 0 Å². The lowest BCUT2D eigenvalue weighted by atomic mass is 10.1. The molecule has 2 aromatic carbocycles. The quantitative estimate of drug-likeness (QED) is 0.663. The molecule has 0 amide bonds. The third-order valence-electron chi connectivity index (χ3n) is 3.22. The van der Waals surface area contributed by atoms with Crippen LogP contribution in [0.25, 0.3) is 10.8 Å². The van der Waals surface area contributed by atoms with Crippen LogP contribution in [0.3, 0.4) is 0 Å². The van der Waals surface area contributed by atoms with Crippen molar-refractivity contribution < 1.29 is 4.74 Å². The summed E-state index contributed by atoms with van der Waals surface area (Å²) in [6.07, 6.45) is 0.912. The number of benzene rings is 2. The predicted octanol–water partition coefficient (Wildman–Crippen LogP) is 4.99. The van der Waals surface area contributed by atoms with Gasteiger partial charge in [0.05, 0.1) is 17.8 Å². The second-order valence-electron chi connectivity index (χ2n) is 4.61. The van der Waals surface area contributed by atoms with E-state index in [1.807, 2.05) is 24.6 Å². The Balaban J connectivity index is 1.68. The molecule has 1 heterocycles. The Morgan fingerprint density at radius 2 is 1.95 bits per heavy atom. The van der Waals surface area contributed by atoms with Crippen molar-refractivity contribution in [1.29, 1.82) is 0 Å². The Hall–Kier alpha value is -1.39. The molecule has 0 saturated heterocycles. The number of halogens is 1. The summed E-state index contributed by atoms with van der Waals surface area (Å²) in [5, 5.41) is 2.41. The van der Waals surface area contributed by atoms with Crippen LogP contribution in [0.2, 0.25) is 0 Å². The van der Waals surface area contributed by atoms with Crippen molar-refractivity contribution in [3.8, 4) is 5.75 Å². The summed E-state index contributed by atoms with van der Waals surface area (Å²) < 4.78 is 6.94. The van der Waals surface area contributed by atoms with Crippen molar-refractivity contribution in [3.05, 3.63) is 57.0 Å². The minimum atomic E-state index is 0.686. The number of fused-ring (bicyclic) bond motifs is 1. The molecule has 0 unspecified atom stereocenters. The maximum atomic E-state index is 5.84. The maximum absolute atomic E-state index is 5.84. The van der Waals surface area contributed by atoms with Gasteiger partial charge in [-0.2, -0.15) is 0 Å². The van der Waals surface area contributed by atoms with E-state index in [-0.39, 0.29) is 0 Å². The Morgan fingerprint density at radius 3 is 2.75 bits per heavy atom. The third-order valence-corrected chi connectivity index (χ3v) is 4.70. The molecular formula is C16H14BrNOS. The molecule has 2 nitrogen and oxygen atoms in total. The summed E-state index contributed by atoms with van der Waals surface area (Å²) in [4.78, 5) is 5.55. The van der Waals surface area contributed by atoms with Crippen molar-refractivity contribution in [1.82, 2.24) is 4.98 Å². The molecular weight excluding hydrogens is 334 g/mol. The zero-order valence-electron chi connectivity index (χ0n) is 11.1. The summed E-state index contributed by atoms with van der Waals surface area (Å²) in [7, 11) is 0. The Bertz CT molecular complexity index is 738. The summed E-state index contributed by atoms with van der Waals surface area (Å²) in [5.41, 5.74) is 3.00. The Labute approximate surface area is 130 Å². The van der Waals surface area contributed by atoms with Crippen LogP contribution < -0.4 is 4.74 Å². The SMILES string of the molecule is Cc1ncsc1CCOc1ccc2cc(Br)ccc2c1. The van der Waals surface area contributed by atoms with E-state index in [0.717, 1.165) is 22.3 Å². The zero-order valence-corrected chi connectivity index (χ0v) is 13.5. The number of hydrogen-bond donors (Lipinski definition) is 0. The van der Waals surface area contributed by atoms with Gasteiger partial charge in [0.1, 0.15) is 5.75 Å². The molecule has 0 fully saturated rings. The normalized spacial score (nSPS) is 10.9. The van der Waals surface area contributed by atoms with Gasteiger partial charge in [0, 0.05) is 15.8 Å². The number of thiazole rings is 1. The van der Waals surface area contributed by atoms with Gasteiger partial charge in [-0.1, -0.05) is 28.1 Å². The van der Waals surface area contributed by atoms with Gasteiger partial charge in [-0.3, -0.25) is 0 Å². The van der Waals surface area contributed by atoms with Crippen molar-refractivity contribution in [3.63, 3.8) is 0 Å². The molecule has 0 bridgehead atoms. The molecule has 0 aliphatic carbocycles. The van der Waals surface area contributed by atoms with E-state index >= 15 is 0 Å². The first kappa shape index (κ1) is 13.6. The fourth-order valence-corrected chi connectivity index (χ4v) is 3.25. The predicted molar refractivity (Wildman–Crippen MR) is 87.7 cm³/mol. The van der Waals surface area contributed by atoms with E-state index in [2.05, 4.69) is 45.2 Å². The molecule has 0 N–H and O–H groups in total. The molecule has 20 heavy (non-hydrogen) atoms. The number of rotatable bonds is 4. The van der Waals surface area contributed by atoms with Crippen LogP contribution in [0.1, 0.15) is 10.6 Å². The highest BCUT2D eigenvalue weighted by Gasteiger charge is 2.02. The highest BCUT2D eigenvalue weighted by atomic mass is 79.9. The van der Waals surface area contributed by atoms with Gasteiger partial charge in [0.25, 0.3) is 0 Å². The second kappa shape index (κ2) is 5.94. The van der Waals surface area contributed by atoms with Gasteiger partial charge >= 0.3 is 0 Å². The highest BCUT2D eigenvalue weighted by molar-refractivity contribution is 9.10. The zero-order chi connectivity index (χ0) is 13.9. The summed E-state index contributed by atoms with van der Waals surface area (Å²) in [6, 6.07) is 12.5. The van der Waals surface area contributed by atoms with Crippen LogP contribution >= 0.6 is 27.3 Å².